The van der Waals surface area contributed by atoms with Crippen LogP contribution in [0.5, 0.6) is 0 Å². The number of nitrogens with one attached hydrogen (secondary N) is 1. The van der Waals surface area contributed by atoms with Gasteiger partial charge in [-0.1, -0.05) is 42.5 Å². The molecule has 4 rings (SSSR count). The van der Waals surface area contributed by atoms with E-state index in [0.29, 0.717) is 5.82 Å². The van der Waals surface area contributed by atoms with Crippen molar-refractivity contribution in [2.45, 2.75) is 12.8 Å². The molecule has 0 aliphatic carbocycles. The van der Waals surface area contributed by atoms with Gasteiger partial charge in [-0.15, -0.1) is 0 Å². The molecule has 0 aliphatic heterocycles. The zero-order valence-corrected chi connectivity index (χ0v) is 14.5. The highest BCUT2D eigenvalue weighted by Crippen LogP contribution is 2.21. The van der Waals surface area contributed by atoms with Crippen LogP contribution in [0.1, 0.15) is 12.1 Å². The van der Waals surface area contributed by atoms with Crippen LogP contribution in [-0.4, -0.2) is 21.5 Å². The van der Waals surface area contributed by atoms with Crippen molar-refractivity contribution in [2.24, 2.45) is 0 Å². The summed E-state index contributed by atoms with van der Waals surface area (Å²) in [5.74, 6) is 0.690. The first-order valence-electron chi connectivity index (χ1n) is 8.86. The summed E-state index contributed by atoms with van der Waals surface area (Å²) in [5, 5.41) is 4.57. The van der Waals surface area contributed by atoms with E-state index in [9.17, 15) is 0 Å². The van der Waals surface area contributed by atoms with E-state index in [0.717, 1.165) is 47.4 Å². The highest BCUT2D eigenvalue weighted by Gasteiger charge is 2.09. The lowest BCUT2D eigenvalue weighted by Crippen LogP contribution is -2.05. The Morgan fingerprint density at radius 2 is 1.58 bits per heavy atom. The van der Waals surface area contributed by atoms with E-state index >= 15 is 0 Å². The van der Waals surface area contributed by atoms with E-state index in [2.05, 4.69) is 28.5 Å². The number of rotatable bonds is 6. The molecular weight excluding hydrogens is 320 g/mol. The van der Waals surface area contributed by atoms with Gasteiger partial charge in [0.1, 0.15) is 5.69 Å². The predicted molar refractivity (Wildman–Crippen MR) is 106 cm³/mol. The Hall–Kier alpha value is -3.27. The largest absolute Gasteiger partial charge is 0.385 e. The molecule has 0 saturated heterocycles. The number of hydrogen-bond acceptors (Lipinski definition) is 4. The second-order valence-corrected chi connectivity index (χ2v) is 6.12. The topological polar surface area (TPSA) is 50.7 Å². The number of anilines is 1. The molecule has 0 amide bonds. The van der Waals surface area contributed by atoms with E-state index in [1.807, 2.05) is 54.6 Å². The van der Waals surface area contributed by atoms with Crippen molar-refractivity contribution in [2.75, 3.05) is 11.9 Å². The third-order valence-corrected chi connectivity index (χ3v) is 4.27. The van der Waals surface area contributed by atoms with Gasteiger partial charge in [-0.25, -0.2) is 9.97 Å². The van der Waals surface area contributed by atoms with Crippen LogP contribution >= 0.6 is 0 Å². The quantitative estimate of drug-likeness (QED) is 0.515. The first-order valence-corrected chi connectivity index (χ1v) is 8.86. The Morgan fingerprint density at radius 3 is 2.42 bits per heavy atom. The fourth-order valence-electron chi connectivity index (χ4n) is 2.99. The average Bonchev–Trinajstić information content (AvgIpc) is 2.72. The lowest BCUT2D eigenvalue weighted by molar-refractivity contribution is 0.840. The summed E-state index contributed by atoms with van der Waals surface area (Å²) >= 11 is 0. The maximum atomic E-state index is 4.81. The molecule has 2 aromatic carbocycles. The predicted octanol–water partition coefficient (Wildman–Crippen LogP) is 4.74. The summed E-state index contributed by atoms with van der Waals surface area (Å²) in [5.41, 5.74) is 4.00. The van der Waals surface area contributed by atoms with Gasteiger partial charge in [0.15, 0.2) is 5.82 Å². The minimum atomic E-state index is 0.690. The van der Waals surface area contributed by atoms with Crippen LogP contribution in [-0.2, 0) is 6.42 Å². The van der Waals surface area contributed by atoms with E-state index < -0.39 is 0 Å². The summed E-state index contributed by atoms with van der Waals surface area (Å²) in [6.07, 6.45) is 3.66. The molecule has 2 aromatic heterocycles. The van der Waals surface area contributed by atoms with Crippen LogP contribution in [0, 0.1) is 0 Å². The van der Waals surface area contributed by atoms with Crippen LogP contribution in [0.2, 0.25) is 0 Å². The number of benzene rings is 2. The molecule has 0 saturated carbocycles. The summed E-state index contributed by atoms with van der Waals surface area (Å²) < 4.78 is 0. The van der Waals surface area contributed by atoms with E-state index in [-0.39, 0.29) is 0 Å². The first-order chi connectivity index (χ1) is 12.9. The Labute approximate surface area is 153 Å². The van der Waals surface area contributed by atoms with Crippen molar-refractivity contribution < 1.29 is 0 Å². The Balaban J connectivity index is 1.55. The Bertz CT molecular complexity index is 985. The molecular formula is C22H20N4. The molecule has 0 aliphatic rings. The van der Waals surface area contributed by atoms with Gasteiger partial charge in [0.2, 0.25) is 0 Å². The van der Waals surface area contributed by atoms with Crippen LogP contribution in [0.15, 0.2) is 79.0 Å². The number of fused-ring (bicyclic) bond motifs is 1. The van der Waals surface area contributed by atoms with Gasteiger partial charge in [-0.05, 0) is 43.2 Å². The molecule has 2 heterocycles. The standard InChI is InChI=1S/C22H20N4/c1-2-9-17(10-3-1)23-16-8-14-20-18-11-4-5-12-19(18)25-22(26-20)21-13-6-7-15-24-21/h1-7,9-13,15,23H,8,14,16H2. The SMILES string of the molecule is c1ccc(NCCCc2nc(-c3ccccn3)nc3ccccc23)cc1. The van der Waals surface area contributed by atoms with Crippen molar-refractivity contribution in [3.63, 3.8) is 0 Å². The third kappa shape index (κ3) is 3.70. The number of aromatic nitrogens is 3. The molecule has 0 radical (unpaired) electrons. The molecule has 0 unspecified atom stereocenters. The molecule has 4 aromatic rings. The minimum Gasteiger partial charge on any atom is -0.385 e. The number of aryl methyl sites for hydroxylation is 1. The van der Waals surface area contributed by atoms with Gasteiger partial charge in [-0.2, -0.15) is 0 Å². The molecule has 128 valence electrons. The van der Waals surface area contributed by atoms with Crippen LogP contribution in [0.4, 0.5) is 5.69 Å². The molecule has 0 fully saturated rings. The molecule has 0 bridgehead atoms. The van der Waals surface area contributed by atoms with E-state index in [1.54, 1.807) is 6.20 Å². The summed E-state index contributed by atoms with van der Waals surface area (Å²) in [7, 11) is 0. The van der Waals surface area contributed by atoms with Crippen molar-refractivity contribution in [3.8, 4) is 11.5 Å². The monoisotopic (exact) mass is 340 g/mol. The average molecular weight is 340 g/mol. The van der Waals surface area contributed by atoms with Crippen LogP contribution < -0.4 is 5.32 Å². The lowest BCUT2D eigenvalue weighted by Gasteiger charge is -2.09. The van der Waals surface area contributed by atoms with Crippen LogP contribution in [0.25, 0.3) is 22.4 Å². The first kappa shape index (κ1) is 16.2. The highest BCUT2D eigenvalue weighted by atomic mass is 14.9. The zero-order chi connectivity index (χ0) is 17.6. The summed E-state index contributed by atoms with van der Waals surface area (Å²) in [6.45, 7) is 0.904. The zero-order valence-electron chi connectivity index (χ0n) is 14.5. The molecule has 4 nitrogen and oxygen atoms in total. The normalized spacial score (nSPS) is 10.8. The summed E-state index contributed by atoms with van der Waals surface area (Å²) in [4.78, 5) is 13.9. The number of hydrogen-bond donors (Lipinski definition) is 1. The molecule has 0 spiro atoms. The second-order valence-electron chi connectivity index (χ2n) is 6.12. The Morgan fingerprint density at radius 1 is 0.769 bits per heavy atom. The molecule has 4 heteroatoms. The van der Waals surface area contributed by atoms with Crippen molar-refractivity contribution in [1.82, 2.24) is 15.0 Å². The van der Waals surface area contributed by atoms with Crippen LogP contribution in [0.3, 0.4) is 0 Å². The molecule has 26 heavy (non-hydrogen) atoms. The fraction of sp³-hybridized carbons (Fsp3) is 0.136. The van der Waals surface area contributed by atoms with Crippen molar-refractivity contribution >= 4 is 16.6 Å². The smallest absolute Gasteiger partial charge is 0.178 e. The second kappa shape index (κ2) is 7.74. The van der Waals surface area contributed by atoms with Crippen molar-refractivity contribution in [3.05, 3.63) is 84.7 Å². The van der Waals surface area contributed by atoms with E-state index in [1.165, 1.54) is 0 Å². The van der Waals surface area contributed by atoms with Crippen molar-refractivity contribution in [1.29, 1.82) is 0 Å². The van der Waals surface area contributed by atoms with Gasteiger partial charge < -0.3 is 5.32 Å². The minimum absolute atomic E-state index is 0.690. The molecule has 1 N–H and O–H groups in total. The fourth-order valence-corrected chi connectivity index (χ4v) is 2.99. The summed E-state index contributed by atoms with van der Waals surface area (Å²) in [6, 6.07) is 24.3. The third-order valence-electron chi connectivity index (χ3n) is 4.27. The van der Waals surface area contributed by atoms with Gasteiger partial charge in [0.05, 0.1) is 11.2 Å². The lowest BCUT2D eigenvalue weighted by atomic mass is 10.1. The van der Waals surface area contributed by atoms with Gasteiger partial charge >= 0.3 is 0 Å². The maximum Gasteiger partial charge on any atom is 0.178 e. The van der Waals surface area contributed by atoms with Gasteiger partial charge in [0, 0.05) is 23.8 Å². The molecule has 0 atom stereocenters. The number of nitrogens with zero attached hydrogens (tertiary/aromatic N) is 3. The number of pyridine rings is 1. The highest BCUT2D eigenvalue weighted by molar-refractivity contribution is 5.82. The van der Waals surface area contributed by atoms with Gasteiger partial charge in [0.25, 0.3) is 0 Å². The Kier molecular flexibility index (Phi) is 4.83. The maximum absolute atomic E-state index is 4.81. The number of para-hydroxylation sites is 2. The van der Waals surface area contributed by atoms with Gasteiger partial charge in [-0.3, -0.25) is 4.98 Å². The van der Waals surface area contributed by atoms with E-state index in [4.69, 9.17) is 9.97 Å².